The highest BCUT2D eigenvalue weighted by Crippen LogP contribution is 2.39. The van der Waals surface area contributed by atoms with Gasteiger partial charge in [-0.2, -0.15) is 0 Å². The van der Waals surface area contributed by atoms with Gasteiger partial charge in [-0.3, -0.25) is 4.90 Å². The Bertz CT molecular complexity index is 253. The SMILES string of the molecule is CNC1C(CN(CCOC)C(C)C)CCCC1(C)C. The molecule has 114 valence electrons. The Morgan fingerprint density at radius 1 is 1.37 bits per heavy atom. The highest BCUT2D eigenvalue weighted by Gasteiger charge is 2.38. The molecule has 0 aromatic heterocycles. The molecule has 0 spiro atoms. The summed E-state index contributed by atoms with van der Waals surface area (Å²) in [6, 6.07) is 1.22. The van der Waals surface area contributed by atoms with Crippen molar-refractivity contribution < 1.29 is 4.74 Å². The molecule has 1 N–H and O–H groups in total. The third-order valence-electron chi connectivity index (χ3n) is 4.80. The van der Waals surface area contributed by atoms with Gasteiger partial charge in [0.1, 0.15) is 0 Å². The lowest BCUT2D eigenvalue weighted by Gasteiger charge is -2.46. The molecule has 1 aliphatic rings. The molecule has 0 aliphatic heterocycles. The van der Waals surface area contributed by atoms with Crippen molar-refractivity contribution in [2.45, 2.75) is 59.0 Å². The van der Waals surface area contributed by atoms with E-state index in [1.165, 1.54) is 25.8 Å². The van der Waals surface area contributed by atoms with Crippen LogP contribution in [-0.4, -0.2) is 50.8 Å². The maximum Gasteiger partial charge on any atom is 0.0589 e. The predicted molar refractivity (Wildman–Crippen MR) is 82.6 cm³/mol. The molecule has 3 heteroatoms. The van der Waals surface area contributed by atoms with E-state index >= 15 is 0 Å². The highest BCUT2D eigenvalue weighted by molar-refractivity contribution is 4.94. The van der Waals surface area contributed by atoms with Crippen LogP contribution in [0.25, 0.3) is 0 Å². The van der Waals surface area contributed by atoms with Gasteiger partial charge in [-0.15, -0.1) is 0 Å². The molecule has 0 aromatic rings. The van der Waals surface area contributed by atoms with Gasteiger partial charge < -0.3 is 10.1 Å². The standard InChI is InChI=1S/C16H34N2O/c1-13(2)18(10-11-19-6)12-14-8-7-9-16(3,4)15(14)17-5/h13-15,17H,7-12H2,1-6H3. The summed E-state index contributed by atoms with van der Waals surface area (Å²) in [5.41, 5.74) is 0.418. The summed E-state index contributed by atoms with van der Waals surface area (Å²) in [6.07, 6.45) is 4.06. The van der Waals surface area contributed by atoms with Gasteiger partial charge in [-0.25, -0.2) is 0 Å². The van der Waals surface area contributed by atoms with Crippen LogP contribution in [0.15, 0.2) is 0 Å². The van der Waals surface area contributed by atoms with Crippen LogP contribution in [0, 0.1) is 11.3 Å². The molecular weight excluding hydrogens is 236 g/mol. The lowest BCUT2D eigenvalue weighted by Crippen LogP contribution is -2.52. The molecule has 1 saturated carbocycles. The van der Waals surface area contributed by atoms with E-state index in [2.05, 4.69) is 45.0 Å². The van der Waals surface area contributed by atoms with Crippen molar-refractivity contribution in [3.8, 4) is 0 Å². The zero-order chi connectivity index (χ0) is 14.5. The average molecular weight is 270 g/mol. The molecule has 2 atom stereocenters. The maximum absolute atomic E-state index is 5.25. The van der Waals surface area contributed by atoms with E-state index in [0.717, 1.165) is 19.1 Å². The van der Waals surface area contributed by atoms with Gasteiger partial charge in [-0.1, -0.05) is 20.3 Å². The number of rotatable bonds is 7. The number of hydrogen-bond acceptors (Lipinski definition) is 3. The van der Waals surface area contributed by atoms with Crippen LogP contribution in [0.3, 0.4) is 0 Å². The second-order valence-corrected chi connectivity index (χ2v) is 6.99. The summed E-state index contributed by atoms with van der Waals surface area (Å²) in [5, 5.41) is 3.59. The lowest BCUT2D eigenvalue weighted by molar-refractivity contribution is 0.0600. The van der Waals surface area contributed by atoms with E-state index in [9.17, 15) is 0 Å². The van der Waals surface area contributed by atoms with E-state index < -0.39 is 0 Å². The number of ether oxygens (including phenoxy) is 1. The van der Waals surface area contributed by atoms with Gasteiger partial charge in [0.2, 0.25) is 0 Å². The molecule has 2 unspecified atom stereocenters. The van der Waals surface area contributed by atoms with Gasteiger partial charge in [0.05, 0.1) is 6.61 Å². The van der Waals surface area contributed by atoms with E-state index in [0.29, 0.717) is 17.5 Å². The first-order chi connectivity index (χ1) is 8.92. The third-order valence-corrected chi connectivity index (χ3v) is 4.80. The molecule has 3 nitrogen and oxygen atoms in total. The zero-order valence-electron chi connectivity index (χ0n) is 13.8. The Morgan fingerprint density at radius 3 is 2.58 bits per heavy atom. The molecule has 0 radical (unpaired) electrons. The molecule has 1 rings (SSSR count). The fraction of sp³-hybridized carbons (Fsp3) is 1.00. The highest BCUT2D eigenvalue weighted by atomic mass is 16.5. The van der Waals surface area contributed by atoms with E-state index in [-0.39, 0.29) is 0 Å². The second-order valence-electron chi connectivity index (χ2n) is 6.99. The smallest absolute Gasteiger partial charge is 0.0589 e. The van der Waals surface area contributed by atoms with Crippen molar-refractivity contribution in [2.75, 3.05) is 33.9 Å². The van der Waals surface area contributed by atoms with Gasteiger partial charge >= 0.3 is 0 Å². The van der Waals surface area contributed by atoms with Crippen molar-refractivity contribution in [1.82, 2.24) is 10.2 Å². The molecule has 0 bridgehead atoms. The van der Waals surface area contributed by atoms with Crippen molar-refractivity contribution >= 4 is 0 Å². The maximum atomic E-state index is 5.25. The Hall–Kier alpha value is -0.120. The summed E-state index contributed by atoms with van der Waals surface area (Å²) in [6.45, 7) is 12.5. The fourth-order valence-corrected chi connectivity index (χ4v) is 3.67. The van der Waals surface area contributed by atoms with Gasteiger partial charge in [0.25, 0.3) is 0 Å². The molecule has 0 saturated heterocycles. The van der Waals surface area contributed by atoms with Gasteiger partial charge in [0, 0.05) is 32.3 Å². The van der Waals surface area contributed by atoms with Crippen LogP contribution < -0.4 is 5.32 Å². The van der Waals surface area contributed by atoms with Gasteiger partial charge in [-0.05, 0) is 45.1 Å². The molecule has 0 amide bonds. The number of hydrogen-bond donors (Lipinski definition) is 1. The largest absolute Gasteiger partial charge is 0.383 e. The van der Waals surface area contributed by atoms with Crippen molar-refractivity contribution in [2.24, 2.45) is 11.3 Å². The molecular formula is C16H34N2O. The van der Waals surface area contributed by atoms with Gasteiger partial charge in [0.15, 0.2) is 0 Å². The van der Waals surface area contributed by atoms with Crippen molar-refractivity contribution in [3.63, 3.8) is 0 Å². The van der Waals surface area contributed by atoms with Crippen molar-refractivity contribution in [3.05, 3.63) is 0 Å². The Morgan fingerprint density at radius 2 is 2.05 bits per heavy atom. The van der Waals surface area contributed by atoms with E-state index in [1.807, 2.05) is 0 Å². The first-order valence-corrected chi connectivity index (χ1v) is 7.82. The topological polar surface area (TPSA) is 24.5 Å². The first-order valence-electron chi connectivity index (χ1n) is 7.82. The van der Waals surface area contributed by atoms with E-state index in [4.69, 9.17) is 4.74 Å². The summed E-state index contributed by atoms with van der Waals surface area (Å²) < 4.78 is 5.25. The van der Waals surface area contributed by atoms with Crippen LogP contribution in [0.2, 0.25) is 0 Å². The molecule has 0 aromatic carbocycles. The summed E-state index contributed by atoms with van der Waals surface area (Å²) in [5.74, 6) is 0.757. The molecule has 1 aliphatic carbocycles. The molecule has 0 heterocycles. The number of methoxy groups -OCH3 is 1. The Kier molecular flexibility index (Phi) is 6.78. The fourth-order valence-electron chi connectivity index (χ4n) is 3.67. The monoisotopic (exact) mass is 270 g/mol. The predicted octanol–water partition coefficient (Wildman–Crippen LogP) is 2.76. The summed E-state index contributed by atoms with van der Waals surface area (Å²) in [4.78, 5) is 2.57. The minimum atomic E-state index is 0.418. The van der Waals surface area contributed by atoms with Crippen molar-refractivity contribution in [1.29, 1.82) is 0 Å². The number of nitrogens with one attached hydrogen (secondary N) is 1. The average Bonchev–Trinajstić information content (AvgIpc) is 2.33. The Balaban J connectivity index is 2.65. The lowest BCUT2D eigenvalue weighted by atomic mass is 9.68. The first kappa shape index (κ1) is 16.9. The Labute approximate surface area is 120 Å². The van der Waals surface area contributed by atoms with Crippen LogP contribution in [-0.2, 0) is 4.74 Å². The summed E-state index contributed by atoms with van der Waals surface area (Å²) in [7, 11) is 3.91. The van der Waals surface area contributed by atoms with Crippen LogP contribution in [0.5, 0.6) is 0 Å². The zero-order valence-corrected chi connectivity index (χ0v) is 13.8. The minimum absolute atomic E-state index is 0.418. The number of nitrogens with zero attached hydrogens (tertiary/aromatic N) is 1. The normalized spacial score (nSPS) is 27.2. The van der Waals surface area contributed by atoms with Crippen LogP contribution in [0.1, 0.15) is 47.0 Å². The minimum Gasteiger partial charge on any atom is -0.383 e. The van der Waals surface area contributed by atoms with E-state index in [1.54, 1.807) is 7.11 Å². The quantitative estimate of drug-likeness (QED) is 0.770. The molecule has 19 heavy (non-hydrogen) atoms. The summed E-state index contributed by atoms with van der Waals surface area (Å²) >= 11 is 0. The molecule has 1 fully saturated rings. The van der Waals surface area contributed by atoms with Crippen LogP contribution in [0.4, 0.5) is 0 Å². The second kappa shape index (κ2) is 7.61. The third kappa shape index (κ3) is 4.73. The van der Waals surface area contributed by atoms with Crippen LogP contribution >= 0.6 is 0 Å².